The van der Waals surface area contributed by atoms with Crippen LogP contribution in [0.1, 0.15) is 65.5 Å². The molecule has 0 saturated heterocycles. The minimum atomic E-state index is -0.0472. The molecule has 0 N–H and O–H groups in total. The lowest BCUT2D eigenvalue weighted by Crippen LogP contribution is -2.34. The van der Waals surface area contributed by atoms with Crippen LogP contribution in [0.15, 0.2) is 76.4 Å². The van der Waals surface area contributed by atoms with Crippen molar-refractivity contribution >= 4 is 27.5 Å². The molecule has 2 aliphatic rings. The molecule has 0 bridgehead atoms. The fraction of sp³-hybridized carbons (Fsp3) is 0.382. The van der Waals surface area contributed by atoms with Gasteiger partial charge in [-0.3, -0.25) is 0 Å². The van der Waals surface area contributed by atoms with Crippen LogP contribution < -0.4 is 4.57 Å². The molecule has 0 radical (unpaired) electrons. The number of furan rings is 1. The molecule has 2 heterocycles. The monoisotopic (exact) mass is 476 g/mol. The molecule has 0 atom stereocenters. The average Bonchev–Trinajstić information content (AvgIpc) is 3.33. The van der Waals surface area contributed by atoms with E-state index in [-0.39, 0.29) is 16.2 Å². The quantitative estimate of drug-likeness (QED) is 0.264. The number of benzene rings is 2. The highest BCUT2D eigenvalue weighted by molar-refractivity contribution is 6.12. The SMILES string of the molecule is Cc1ccc2c(oc3c(C4=CC5=C(C(C)(C)CCC5(C)C)C4(C)C)cccc32)c1-c1cccc[n+]1C. The van der Waals surface area contributed by atoms with Crippen LogP contribution in [0.25, 0.3) is 38.8 Å². The Morgan fingerprint density at radius 2 is 1.50 bits per heavy atom. The molecule has 184 valence electrons. The van der Waals surface area contributed by atoms with E-state index >= 15 is 0 Å². The maximum absolute atomic E-state index is 6.90. The Balaban J connectivity index is 1.62. The summed E-state index contributed by atoms with van der Waals surface area (Å²) in [6, 6.07) is 17.5. The topological polar surface area (TPSA) is 17.0 Å². The lowest BCUT2D eigenvalue weighted by Gasteiger charge is -2.46. The van der Waals surface area contributed by atoms with Gasteiger partial charge in [-0.05, 0) is 53.4 Å². The van der Waals surface area contributed by atoms with E-state index in [9.17, 15) is 0 Å². The maximum Gasteiger partial charge on any atom is 0.216 e. The number of aryl methyl sites for hydroxylation is 2. The Morgan fingerprint density at radius 1 is 0.778 bits per heavy atom. The van der Waals surface area contributed by atoms with E-state index in [1.165, 1.54) is 51.6 Å². The van der Waals surface area contributed by atoms with Gasteiger partial charge in [-0.15, -0.1) is 0 Å². The molecule has 0 fully saturated rings. The number of pyridine rings is 1. The van der Waals surface area contributed by atoms with Gasteiger partial charge in [0.05, 0.1) is 5.56 Å². The number of nitrogens with zero attached hydrogens (tertiary/aromatic N) is 1. The van der Waals surface area contributed by atoms with Crippen molar-refractivity contribution in [2.24, 2.45) is 23.3 Å². The average molecular weight is 477 g/mol. The van der Waals surface area contributed by atoms with Gasteiger partial charge in [0, 0.05) is 33.9 Å². The fourth-order valence-corrected chi connectivity index (χ4v) is 7.19. The number of para-hydroxylation sites is 1. The zero-order chi connectivity index (χ0) is 25.6. The van der Waals surface area contributed by atoms with Crippen LogP contribution in [0.5, 0.6) is 0 Å². The van der Waals surface area contributed by atoms with Crippen LogP contribution in [-0.4, -0.2) is 0 Å². The standard InChI is InChI=1S/C34H38NO/c1-21-15-16-23-22-12-11-13-24(29(22)36-30(23)28(21)27-14-9-10-19-35(27)8)25-20-26-31(34(25,6)7)33(4,5)18-17-32(26,2)3/h9-16,19-20H,17-18H2,1-8H3/q+1. The fourth-order valence-electron chi connectivity index (χ4n) is 7.19. The first kappa shape index (κ1) is 23.3. The normalized spacial score (nSPS) is 20.2. The number of hydrogen-bond acceptors (Lipinski definition) is 1. The van der Waals surface area contributed by atoms with Crippen molar-refractivity contribution in [3.05, 3.63) is 83.1 Å². The Hall–Kier alpha value is -3.13. The van der Waals surface area contributed by atoms with E-state index in [0.717, 1.165) is 11.2 Å². The minimum absolute atomic E-state index is 0.0472. The molecule has 0 amide bonds. The molecule has 0 aliphatic heterocycles. The second-order valence-electron chi connectivity index (χ2n) is 12.9. The lowest BCUT2D eigenvalue weighted by atomic mass is 9.58. The summed E-state index contributed by atoms with van der Waals surface area (Å²) in [5.74, 6) is 0. The Kier molecular flexibility index (Phi) is 4.81. The minimum Gasteiger partial charge on any atom is -0.455 e. The molecule has 0 unspecified atom stereocenters. The molecule has 4 aromatic rings. The Bertz CT molecular complexity index is 1620. The van der Waals surface area contributed by atoms with Crippen molar-refractivity contribution in [1.82, 2.24) is 0 Å². The second-order valence-corrected chi connectivity index (χ2v) is 12.9. The summed E-state index contributed by atoms with van der Waals surface area (Å²) in [6.07, 6.45) is 7.08. The summed E-state index contributed by atoms with van der Waals surface area (Å²) in [5, 5.41) is 2.38. The van der Waals surface area contributed by atoms with E-state index < -0.39 is 0 Å². The van der Waals surface area contributed by atoms with Crippen LogP contribution >= 0.6 is 0 Å². The third kappa shape index (κ3) is 3.13. The van der Waals surface area contributed by atoms with Crippen LogP contribution in [0, 0.1) is 23.2 Å². The Morgan fingerprint density at radius 3 is 2.22 bits per heavy atom. The molecule has 2 aromatic heterocycles. The predicted octanol–water partition coefficient (Wildman–Crippen LogP) is 8.95. The number of hydrogen-bond donors (Lipinski definition) is 0. The number of fused-ring (bicyclic) bond motifs is 3. The van der Waals surface area contributed by atoms with Crippen molar-refractivity contribution in [2.75, 3.05) is 0 Å². The number of rotatable bonds is 2. The van der Waals surface area contributed by atoms with Gasteiger partial charge in [0.2, 0.25) is 5.69 Å². The third-order valence-corrected chi connectivity index (χ3v) is 9.11. The third-order valence-electron chi connectivity index (χ3n) is 9.11. The van der Waals surface area contributed by atoms with Gasteiger partial charge >= 0.3 is 0 Å². The van der Waals surface area contributed by atoms with Gasteiger partial charge in [0.25, 0.3) is 0 Å². The van der Waals surface area contributed by atoms with Crippen LogP contribution in [0.2, 0.25) is 0 Å². The number of aromatic nitrogens is 1. The zero-order valence-electron chi connectivity index (χ0n) is 23.0. The first-order valence-corrected chi connectivity index (χ1v) is 13.3. The van der Waals surface area contributed by atoms with Gasteiger partial charge in [0.1, 0.15) is 18.2 Å². The molecule has 2 aromatic carbocycles. The molecular formula is C34H38NO+. The molecule has 36 heavy (non-hydrogen) atoms. The molecule has 0 spiro atoms. The summed E-state index contributed by atoms with van der Waals surface area (Å²) in [4.78, 5) is 0. The highest BCUT2D eigenvalue weighted by Gasteiger charge is 2.49. The van der Waals surface area contributed by atoms with E-state index in [4.69, 9.17) is 4.42 Å². The summed E-state index contributed by atoms with van der Waals surface area (Å²) in [6.45, 7) is 16.7. The van der Waals surface area contributed by atoms with Crippen LogP contribution in [0.4, 0.5) is 0 Å². The van der Waals surface area contributed by atoms with Gasteiger partial charge in [-0.1, -0.05) is 83.5 Å². The lowest BCUT2D eigenvalue weighted by molar-refractivity contribution is -0.660. The highest BCUT2D eigenvalue weighted by atomic mass is 16.3. The van der Waals surface area contributed by atoms with E-state index in [2.05, 4.69) is 121 Å². The van der Waals surface area contributed by atoms with Gasteiger partial charge in [-0.25, -0.2) is 4.57 Å². The van der Waals surface area contributed by atoms with Crippen molar-refractivity contribution in [3.8, 4) is 11.3 Å². The summed E-state index contributed by atoms with van der Waals surface area (Å²) in [5.41, 5.74) is 11.7. The van der Waals surface area contributed by atoms with Gasteiger partial charge in [-0.2, -0.15) is 0 Å². The van der Waals surface area contributed by atoms with Crippen molar-refractivity contribution < 1.29 is 8.98 Å². The maximum atomic E-state index is 6.90. The molecular weight excluding hydrogens is 438 g/mol. The first-order valence-electron chi connectivity index (χ1n) is 13.3. The molecule has 0 saturated carbocycles. The van der Waals surface area contributed by atoms with Gasteiger partial charge < -0.3 is 4.42 Å². The highest BCUT2D eigenvalue weighted by Crippen LogP contribution is 2.63. The molecule has 2 heteroatoms. The zero-order valence-corrected chi connectivity index (χ0v) is 23.0. The molecule has 6 rings (SSSR count). The summed E-state index contributed by atoms with van der Waals surface area (Å²) < 4.78 is 9.08. The predicted molar refractivity (Wildman–Crippen MR) is 151 cm³/mol. The van der Waals surface area contributed by atoms with Gasteiger partial charge in [0.15, 0.2) is 6.20 Å². The largest absolute Gasteiger partial charge is 0.455 e. The summed E-state index contributed by atoms with van der Waals surface area (Å²) >= 11 is 0. The van der Waals surface area contributed by atoms with Crippen LogP contribution in [-0.2, 0) is 7.05 Å². The molecule has 2 aliphatic carbocycles. The second kappa shape index (κ2) is 7.44. The smallest absolute Gasteiger partial charge is 0.216 e. The molecule has 2 nitrogen and oxygen atoms in total. The van der Waals surface area contributed by atoms with E-state index in [0.29, 0.717) is 0 Å². The van der Waals surface area contributed by atoms with Crippen LogP contribution in [0.3, 0.4) is 0 Å². The van der Waals surface area contributed by atoms with Crippen molar-refractivity contribution in [1.29, 1.82) is 0 Å². The van der Waals surface area contributed by atoms with E-state index in [1.54, 1.807) is 11.1 Å². The number of allylic oxidation sites excluding steroid dienone is 4. The van der Waals surface area contributed by atoms with E-state index in [1.807, 2.05) is 0 Å². The Labute approximate surface area is 215 Å². The first-order chi connectivity index (χ1) is 16.9. The van der Waals surface area contributed by atoms with Crippen molar-refractivity contribution in [2.45, 2.75) is 61.3 Å². The summed E-state index contributed by atoms with van der Waals surface area (Å²) in [7, 11) is 2.10. The van der Waals surface area contributed by atoms with Crippen molar-refractivity contribution in [3.63, 3.8) is 0 Å².